The number of nitrogens with one attached hydrogen (secondary N) is 1. The van der Waals surface area contributed by atoms with E-state index in [0.717, 1.165) is 24.5 Å². The van der Waals surface area contributed by atoms with Crippen molar-refractivity contribution < 1.29 is 14.6 Å². The van der Waals surface area contributed by atoms with Crippen LogP contribution in [0.15, 0.2) is 11.4 Å². The Morgan fingerprint density at radius 2 is 2.52 bits per heavy atom. The maximum Gasteiger partial charge on any atom is 0.252 e. The van der Waals surface area contributed by atoms with Crippen molar-refractivity contribution >= 4 is 17.2 Å². The van der Waals surface area contributed by atoms with E-state index in [1.54, 1.807) is 11.4 Å². The minimum Gasteiger partial charge on any atom is -0.384 e. The number of rotatable bonds is 4. The molecule has 2 rings (SSSR count). The minimum absolute atomic E-state index is 0.0509. The van der Waals surface area contributed by atoms with E-state index < -0.39 is 0 Å². The third-order valence-electron chi connectivity index (χ3n) is 3.31. The molecule has 0 spiro atoms. The molecule has 1 aliphatic rings. The quantitative estimate of drug-likeness (QED) is 0.797. The highest BCUT2D eigenvalue weighted by molar-refractivity contribution is 7.10. The molecular formula is C15H20N2O3S. The number of likely N-dealkylation sites (N-methyl/N-ethyl adjacent to an activating group) is 1. The van der Waals surface area contributed by atoms with Crippen molar-refractivity contribution in [2.75, 3.05) is 39.4 Å². The van der Waals surface area contributed by atoms with Gasteiger partial charge in [-0.25, -0.2) is 0 Å². The monoisotopic (exact) mass is 308 g/mol. The van der Waals surface area contributed by atoms with Crippen molar-refractivity contribution in [3.05, 3.63) is 21.9 Å². The standard InChI is InChI=1S/C15H20N2O3S/c1-2-17-5-7-20-13(10-17)9-16-15(19)12-8-14(21-11-12)4-3-6-18/h8,11,13,18H,2,5-7,9-10H2,1H3,(H,16,19). The molecule has 5 nitrogen and oxygen atoms in total. The molecular weight excluding hydrogens is 288 g/mol. The highest BCUT2D eigenvalue weighted by Crippen LogP contribution is 2.13. The number of nitrogens with zero attached hydrogens (tertiary/aromatic N) is 1. The van der Waals surface area contributed by atoms with Crippen LogP contribution < -0.4 is 5.32 Å². The number of hydrogen-bond donors (Lipinski definition) is 2. The van der Waals surface area contributed by atoms with Gasteiger partial charge in [0, 0.05) is 25.0 Å². The van der Waals surface area contributed by atoms with Gasteiger partial charge in [0.25, 0.3) is 5.91 Å². The van der Waals surface area contributed by atoms with Gasteiger partial charge in [-0.1, -0.05) is 18.8 Å². The van der Waals surface area contributed by atoms with Gasteiger partial charge in [0.15, 0.2) is 0 Å². The first-order chi connectivity index (χ1) is 10.2. The predicted octanol–water partition coefficient (Wildman–Crippen LogP) is 0.542. The number of morpholine rings is 1. The molecule has 0 radical (unpaired) electrons. The van der Waals surface area contributed by atoms with E-state index in [4.69, 9.17) is 9.84 Å². The molecule has 1 amide bonds. The fourth-order valence-corrected chi connectivity index (χ4v) is 2.90. The summed E-state index contributed by atoms with van der Waals surface area (Å²) in [6.07, 6.45) is 0.0509. The van der Waals surface area contributed by atoms with Gasteiger partial charge in [0.2, 0.25) is 0 Å². The molecule has 21 heavy (non-hydrogen) atoms. The van der Waals surface area contributed by atoms with Crippen molar-refractivity contribution in [1.29, 1.82) is 0 Å². The number of carbonyl (C=O) groups is 1. The maximum absolute atomic E-state index is 12.1. The molecule has 114 valence electrons. The van der Waals surface area contributed by atoms with E-state index in [9.17, 15) is 4.79 Å². The van der Waals surface area contributed by atoms with Crippen LogP contribution >= 0.6 is 11.3 Å². The van der Waals surface area contributed by atoms with Gasteiger partial charge >= 0.3 is 0 Å². The average Bonchev–Trinajstić information content (AvgIpc) is 2.99. The van der Waals surface area contributed by atoms with Crippen LogP contribution in [0.1, 0.15) is 22.2 Å². The van der Waals surface area contributed by atoms with Gasteiger partial charge in [-0.2, -0.15) is 0 Å². The Balaban J connectivity index is 1.82. The zero-order chi connectivity index (χ0) is 15.1. The number of aliphatic hydroxyl groups is 1. The van der Waals surface area contributed by atoms with Crippen LogP contribution in [0.25, 0.3) is 0 Å². The molecule has 1 unspecified atom stereocenters. The molecule has 6 heteroatoms. The van der Waals surface area contributed by atoms with E-state index in [1.807, 2.05) is 0 Å². The number of thiophene rings is 1. The largest absolute Gasteiger partial charge is 0.384 e. The van der Waals surface area contributed by atoms with E-state index in [-0.39, 0.29) is 18.6 Å². The van der Waals surface area contributed by atoms with Crippen LogP contribution in [0, 0.1) is 11.8 Å². The molecule has 0 aliphatic carbocycles. The second-order valence-electron chi connectivity index (χ2n) is 4.76. The van der Waals surface area contributed by atoms with Gasteiger partial charge in [-0.05, 0) is 12.6 Å². The number of amides is 1. The highest BCUT2D eigenvalue weighted by Gasteiger charge is 2.20. The maximum atomic E-state index is 12.1. The molecule has 0 saturated carbocycles. The van der Waals surface area contributed by atoms with E-state index >= 15 is 0 Å². The third kappa shape index (κ3) is 4.83. The highest BCUT2D eigenvalue weighted by atomic mass is 32.1. The van der Waals surface area contributed by atoms with Crippen LogP contribution in [0.3, 0.4) is 0 Å². The number of aliphatic hydroxyl groups excluding tert-OH is 1. The Labute approximate surface area is 128 Å². The minimum atomic E-state index is -0.174. The van der Waals surface area contributed by atoms with Gasteiger partial charge in [0.1, 0.15) is 6.61 Å². The van der Waals surface area contributed by atoms with E-state index in [1.165, 1.54) is 11.3 Å². The van der Waals surface area contributed by atoms with E-state index in [2.05, 4.69) is 29.0 Å². The molecule has 1 atom stereocenters. The fraction of sp³-hybridized carbons (Fsp3) is 0.533. The Kier molecular flexibility index (Phi) is 6.21. The van der Waals surface area contributed by atoms with Crippen LogP contribution in [0.2, 0.25) is 0 Å². The second kappa shape index (κ2) is 8.15. The molecule has 1 fully saturated rings. The van der Waals surface area contributed by atoms with Gasteiger partial charge in [-0.3, -0.25) is 9.69 Å². The molecule has 1 aliphatic heterocycles. The van der Waals surface area contributed by atoms with Crippen LogP contribution in [0.4, 0.5) is 0 Å². The summed E-state index contributed by atoms with van der Waals surface area (Å²) >= 11 is 1.40. The number of ether oxygens (including phenoxy) is 1. The lowest BCUT2D eigenvalue weighted by Gasteiger charge is -2.32. The van der Waals surface area contributed by atoms with E-state index in [0.29, 0.717) is 18.7 Å². The third-order valence-corrected chi connectivity index (χ3v) is 4.16. The fourth-order valence-electron chi connectivity index (χ4n) is 2.15. The first-order valence-electron chi connectivity index (χ1n) is 7.03. The molecule has 0 aromatic carbocycles. The Morgan fingerprint density at radius 1 is 1.67 bits per heavy atom. The summed E-state index contributed by atoms with van der Waals surface area (Å²) < 4.78 is 5.65. The predicted molar refractivity (Wildman–Crippen MR) is 82.5 cm³/mol. The summed E-state index contributed by atoms with van der Waals surface area (Å²) in [7, 11) is 0. The number of hydrogen-bond acceptors (Lipinski definition) is 5. The van der Waals surface area contributed by atoms with Gasteiger partial charge in [-0.15, -0.1) is 11.3 Å². The van der Waals surface area contributed by atoms with Crippen LogP contribution in [0.5, 0.6) is 0 Å². The van der Waals surface area contributed by atoms with Gasteiger partial charge in [0.05, 0.1) is 23.2 Å². The number of carbonyl (C=O) groups excluding carboxylic acids is 1. The summed E-state index contributed by atoms with van der Waals surface area (Å²) in [5.74, 6) is 5.26. The Hall–Kier alpha value is -1.39. The normalized spacial score (nSPS) is 18.9. The van der Waals surface area contributed by atoms with Crippen LogP contribution in [-0.4, -0.2) is 61.4 Å². The molecule has 2 N–H and O–H groups in total. The van der Waals surface area contributed by atoms with Crippen LogP contribution in [-0.2, 0) is 4.74 Å². The summed E-state index contributed by atoms with van der Waals surface area (Å²) in [5, 5.41) is 13.3. The molecule has 1 aromatic heterocycles. The summed E-state index contributed by atoms with van der Waals surface area (Å²) in [5.41, 5.74) is 0.602. The second-order valence-corrected chi connectivity index (χ2v) is 5.67. The summed E-state index contributed by atoms with van der Waals surface area (Å²) in [6, 6.07) is 1.74. The Bertz CT molecular complexity index is 533. The lowest BCUT2D eigenvalue weighted by atomic mass is 10.2. The Morgan fingerprint density at radius 3 is 3.29 bits per heavy atom. The van der Waals surface area contributed by atoms with Crippen molar-refractivity contribution in [2.45, 2.75) is 13.0 Å². The summed E-state index contributed by atoms with van der Waals surface area (Å²) in [4.78, 5) is 15.1. The molecule has 2 heterocycles. The summed E-state index contributed by atoms with van der Waals surface area (Å²) in [6.45, 7) is 6.00. The topological polar surface area (TPSA) is 61.8 Å². The van der Waals surface area contributed by atoms with Crippen molar-refractivity contribution in [1.82, 2.24) is 10.2 Å². The average molecular weight is 308 g/mol. The SMILES string of the molecule is CCN1CCOC(CNC(=O)c2csc(C#CCO)c2)C1. The van der Waals surface area contributed by atoms with Gasteiger partial charge < -0.3 is 15.2 Å². The first kappa shape index (κ1) is 16.0. The van der Waals surface area contributed by atoms with Crippen molar-refractivity contribution in [3.8, 4) is 11.8 Å². The zero-order valence-electron chi connectivity index (χ0n) is 12.1. The first-order valence-corrected chi connectivity index (χ1v) is 7.91. The zero-order valence-corrected chi connectivity index (χ0v) is 12.9. The van der Waals surface area contributed by atoms with Crippen molar-refractivity contribution in [2.24, 2.45) is 0 Å². The van der Waals surface area contributed by atoms with Crippen molar-refractivity contribution in [3.63, 3.8) is 0 Å². The smallest absolute Gasteiger partial charge is 0.252 e. The lowest BCUT2D eigenvalue weighted by molar-refractivity contribution is -0.0246. The lowest BCUT2D eigenvalue weighted by Crippen LogP contribution is -2.47. The molecule has 0 bridgehead atoms. The molecule has 1 aromatic rings. The molecule has 1 saturated heterocycles.